The Kier molecular flexibility index (Phi) is 3.15. The third kappa shape index (κ3) is 2.65. The Hall–Kier alpha value is -1.81. The van der Waals surface area contributed by atoms with Crippen molar-refractivity contribution in [3.63, 3.8) is 0 Å². The van der Waals surface area contributed by atoms with E-state index in [4.69, 9.17) is 16.7 Å². The molecule has 0 amide bonds. The molecule has 0 bridgehead atoms. The zero-order valence-electron chi connectivity index (χ0n) is 9.22. The van der Waals surface area contributed by atoms with Gasteiger partial charge in [0.25, 0.3) is 0 Å². The Labute approximate surface area is 103 Å². The largest absolute Gasteiger partial charge is 0.480 e. The molecular formula is C12H11ClN2O2. The van der Waals surface area contributed by atoms with Gasteiger partial charge in [-0.25, -0.2) is 0 Å². The van der Waals surface area contributed by atoms with Crippen LogP contribution in [-0.2, 0) is 11.3 Å². The molecule has 4 nitrogen and oxygen atoms in total. The van der Waals surface area contributed by atoms with Crippen molar-refractivity contribution in [2.45, 2.75) is 13.5 Å². The number of aryl methyl sites for hydroxylation is 1. The molecule has 1 aromatic carbocycles. The third-order valence-corrected chi connectivity index (χ3v) is 2.84. The fourth-order valence-electron chi connectivity index (χ4n) is 1.51. The molecule has 1 aromatic heterocycles. The summed E-state index contributed by atoms with van der Waals surface area (Å²) in [6.45, 7) is 1.79. The Balaban J connectivity index is 2.30. The molecule has 0 unspecified atom stereocenters. The maximum absolute atomic E-state index is 10.5. The van der Waals surface area contributed by atoms with Crippen molar-refractivity contribution in [2.24, 2.45) is 0 Å². The predicted molar refractivity (Wildman–Crippen MR) is 65.0 cm³/mol. The Morgan fingerprint density at radius 2 is 2.24 bits per heavy atom. The van der Waals surface area contributed by atoms with Gasteiger partial charge in [0.05, 0.1) is 6.20 Å². The second-order valence-corrected chi connectivity index (χ2v) is 4.19. The number of aliphatic carboxylic acids is 1. The smallest absolute Gasteiger partial charge is 0.325 e. The predicted octanol–water partition coefficient (Wildman–Crippen LogP) is 2.60. The van der Waals surface area contributed by atoms with E-state index in [-0.39, 0.29) is 6.54 Å². The Morgan fingerprint density at radius 1 is 1.47 bits per heavy atom. The van der Waals surface area contributed by atoms with Crippen LogP contribution < -0.4 is 0 Å². The van der Waals surface area contributed by atoms with Gasteiger partial charge in [-0.05, 0) is 24.1 Å². The molecule has 0 aliphatic carbocycles. The van der Waals surface area contributed by atoms with Crippen LogP contribution in [0.1, 0.15) is 5.56 Å². The fraction of sp³-hybridized carbons (Fsp3) is 0.167. The quantitative estimate of drug-likeness (QED) is 0.911. The van der Waals surface area contributed by atoms with Crippen molar-refractivity contribution >= 4 is 17.6 Å². The number of carbonyl (C=O) groups is 1. The first-order valence-corrected chi connectivity index (χ1v) is 5.45. The van der Waals surface area contributed by atoms with Gasteiger partial charge < -0.3 is 5.11 Å². The van der Waals surface area contributed by atoms with Gasteiger partial charge in [-0.3, -0.25) is 9.48 Å². The molecule has 88 valence electrons. The minimum absolute atomic E-state index is 0.139. The van der Waals surface area contributed by atoms with Crippen LogP contribution in [-0.4, -0.2) is 20.9 Å². The molecule has 1 heterocycles. The summed E-state index contributed by atoms with van der Waals surface area (Å²) in [6.07, 6.45) is 3.32. The molecule has 17 heavy (non-hydrogen) atoms. The SMILES string of the molecule is Cc1ccc(-c2cnn(CC(=O)O)c2)cc1Cl. The van der Waals surface area contributed by atoms with Crippen molar-refractivity contribution < 1.29 is 9.90 Å². The van der Waals surface area contributed by atoms with E-state index in [1.54, 1.807) is 12.4 Å². The van der Waals surface area contributed by atoms with Crippen LogP contribution in [0.3, 0.4) is 0 Å². The molecule has 2 aromatic rings. The van der Waals surface area contributed by atoms with Crippen molar-refractivity contribution in [1.29, 1.82) is 0 Å². The van der Waals surface area contributed by atoms with E-state index in [2.05, 4.69) is 5.10 Å². The minimum Gasteiger partial charge on any atom is -0.480 e. The number of rotatable bonds is 3. The van der Waals surface area contributed by atoms with Gasteiger partial charge in [-0.2, -0.15) is 5.10 Å². The van der Waals surface area contributed by atoms with Gasteiger partial charge in [0.1, 0.15) is 6.54 Å². The lowest BCUT2D eigenvalue weighted by Gasteiger charge is -2.01. The topological polar surface area (TPSA) is 55.1 Å². The normalized spacial score (nSPS) is 10.5. The van der Waals surface area contributed by atoms with Crippen LogP contribution in [0.15, 0.2) is 30.6 Å². The van der Waals surface area contributed by atoms with Crippen molar-refractivity contribution in [1.82, 2.24) is 9.78 Å². The highest BCUT2D eigenvalue weighted by atomic mass is 35.5. The molecule has 0 aliphatic rings. The summed E-state index contributed by atoms with van der Waals surface area (Å²) >= 11 is 6.03. The van der Waals surface area contributed by atoms with Gasteiger partial charge in [-0.1, -0.05) is 23.7 Å². The number of hydrogen-bond acceptors (Lipinski definition) is 2. The first-order valence-electron chi connectivity index (χ1n) is 5.07. The van der Waals surface area contributed by atoms with Crippen LogP contribution in [0, 0.1) is 6.92 Å². The van der Waals surface area contributed by atoms with Crippen molar-refractivity contribution in [3.05, 3.63) is 41.2 Å². The second-order valence-electron chi connectivity index (χ2n) is 3.78. The van der Waals surface area contributed by atoms with Crippen LogP contribution in [0.5, 0.6) is 0 Å². The van der Waals surface area contributed by atoms with E-state index in [9.17, 15) is 4.79 Å². The van der Waals surface area contributed by atoms with E-state index in [0.717, 1.165) is 16.7 Å². The zero-order chi connectivity index (χ0) is 12.4. The van der Waals surface area contributed by atoms with Crippen LogP contribution in [0.25, 0.3) is 11.1 Å². The molecule has 0 radical (unpaired) electrons. The lowest BCUT2D eigenvalue weighted by molar-refractivity contribution is -0.137. The summed E-state index contributed by atoms with van der Waals surface area (Å²) < 4.78 is 1.38. The average molecular weight is 251 g/mol. The second kappa shape index (κ2) is 4.59. The molecule has 0 spiro atoms. The van der Waals surface area contributed by atoms with Crippen molar-refractivity contribution in [2.75, 3.05) is 0 Å². The highest BCUT2D eigenvalue weighted by Crippen LogP contribution is 2.24. The number of halogens is 1. The van der Waals surface area contributed by atoms with Crippen LogP contribution in [0.4, 0.5) is 0 Å². The van der Waals surface area contributed by atoms with Crippen LogP contribution in [0.2, 0.25) is 5.02 Å². The molecule has 0 saturated heterocycles. The van der Waals surface area contributed by atoms with Crippen LogP contribution >= 0.6 is 11.6 Å². The lowest BCUT2D eigenvalue weighted by atomic mass is 10.1. The number of aromatic nitrogens is 2. The maximum atomic E-state index is 10.5. The average Bonchev–Trinajstić information content (AvgIpc) is 2.69. The summed E-state index contributed by atoms with van der Waals surface area (Å²) in [5.74, 6) is -0.915. The first-order chi connectivity index (χ1) is 8.06. The van der Waals surface area contributed by atoms with E-state index >= 15 is 0 Å². The van der Waals surface area contributed by atoms with E-state index in [1.165, 1.54) is 4.68 Å². The summed E-state index contributed by atoms with van der Waals surface area (Å²) in [5, 5.41) is 13.3. The first kappa shape index (κ1) is 11.7. The van der Waals surface area contributed by atoms with Crippen molar-refractivity contribution in [3.8, 4) is 11.1 Å². The highest BCUT2D eigenvalue weighted by Gasteiger charge is 2.05. The van der Waals surface area contributed by atoms with Gasteiger partial charge in [-0.15, -0.1) is 0 Å². The molecular weight excluding hydrogens is 240 g/mol. The summed E-state index contributed by atoms with van der Waals surface area (Å²) in [5.41, 5.74) is 2.79. The molecule has 1 N–H and O–H groups in total. The summed E-state index contributed by atoms with van der Waals surface area (Å²) in [6, 6.07) is 5.70. The van der Waals surface area contributed by atoms with E-state index < -0.39 is 5.97 Å². The minimum atomic E-state index is -0.915. The molecule has 0 fully saturated rings. The number of carboxylic acid groups (broad SMARTS) is 1. The summed E-state index contributed by atoms with van der Waals surface area (Å²) in [4.78, 5) is 10.5. The van der Waals surface area contributed by atoms with Gasteiger partial charge in [0.2, 0.25) is 0 Å². The molecule has 5 heteroatoms. The molecule has 0 atom stereocenters. The monoisotopic (exact) mass is 250 g/mol. The fourth-order valence-corrected chi connectivity index (χ4v) is 1.69. The number of nitrogens with zero attached hydrogens (tertiary/aromatic N) is 2. The number of carboxylic acids is 1. The molecule has 0 saturated carbocycles. The maximum Gasteiger partial charge on any atom is 0.325 e. The molecule has 0 aliphatic heterocycles. The van der Waals surface area contributed by atoms with E-state index in [1.807, 2.05) is 25.1 Å². The summed E-state index contributed by atoms with van der Waals surface area (Å²) in [7, 11) is 0. The Bertz CT molecular complexity index is 563. The van der Waals surface area contributed by atoms with E-state index in [0.29, 0.717) is 5.02 Å². The number of hydrogen-bond donors (Lipinski definition) is 1. The van der Waals surface area contributed by atoms with Gasteiger partial charge >= 0.3 is 5.97 Å². The van der Waals surface area contributed by atoms with Gasteiger partial charge in [0, 0.05) is 16.8 Å². The third-order valence-electron chi connectivity index (χ3n) is 2.44. The lowest BCUT2D eigenvalue weighted by Crippen LogP contribution is -2.08. The standard InChI is InChI=1S/C12H11ClN2O2/c1-8-2-3-9(4-11(8)13)10-5-14-15(6-10)7-12(16)17/h2-6H,7H2,1H3,(H,16,17). The molecule has 2 rings (SSSR count). The Morgan fingerprint density at radius 3 is 2.88 bits per heavy atom. The highest BCUT2D eigenvalue weighted by molar-refractivity contribution is 6.31. The van der Waals surface area contributed by atoms with Gasteiger partial charge in [0.15, 0.2) is 0 Å². The zero-order valence-corrected chi connectivity index (χ0v) is 9.98. The number of benzene rings is 1.